The van der Waals surface area contributed by atoms with E-state index in [-0.39, 0.29) is 5.78 Å². The predicted molar refractivity (Wildman–Crippen MR) is 54.2 cm³/mol. The van der Waals surface area contributed by atoms with Gasteiger partial charge in [-0.3, -0.25) is 4.79 Å². The minimum absolute atomic E-state index is 0.176. The fourth-order valence-corrected chi connectivity index (χ4v) is 1.89. The topological polar surface area (TPSA) is 30.0 Å². The molecule has 1 heterocycles. The Balaban J connectivity index is 2.54. The Morgan fingerprint density at radius 1 is 1.54 bits per heavy atom. The minimum atomic E-state index is 0.176. The third kappa shape index (κ3) is 1.47. The van der Waals surface area contributed by atoms with Crippen molar-refractivity contribution in [3.63, 3.8) is 0 Å². The summed E-state index contributed by atoms with van der Waals surface area (Å²) in [5.41, 5.74) is 3.48. The monoisotopic (exact) mass is 191 g/mol. The fraction of sp³-hybridized carbons (Fsp3) is 0.200. The van der Waals surface area contributed by atoms with Crippen LogP contribution < -0.4 is 0 Å². The first-order valence-electron chi connectivity index (χ1n) is 4.17. The Morgan fingerprint density at radius 2 is 2.38 bits per heavy atom. The molecule has 0 aliphatic rings. The average molecular weight is 191 g/mol. The van der Waals surface area contributed by atoms with Crippen LogP contribution in [0, 0.1) is 0 Å². The van der Waals surface area contributed by atoms with Gasteiger partial charge in [-0.05, 0) is 18.2 Å². The molecule has 0 atom stereocenters. The summed E-state index contributed by atoms with van der Waals surface area (Å²) in [5.74, 6) is 0.176. The van der Waals surface area contributed by atoms with Crippen molar-refractivity contribution in [1.29, 1.82) is 0 Å². The summed E-state index contributed by atoms with van der Waals surface area (Å²) >= 11 is 1.59. The molecule has 2 rings (SSSR count). The number of hydrogen-bond acceptors (Lipinski definition) is 3. The summed E-state index contributed by atoms with van der Waals surface area (Å²) in [5, 5.41) is 0. The Hall–Kier alpha value is -1.22. The molecule has 1 aromatic carbocycles. The first-order valence-corrected chi connectivity index (χ1v) is 5.05. The highest BCUT2D eigenvalue weighted by Crippen LogP contribution is 2.19. The number of carbonyl (C=O) groups is 1. The van der Waals surface area contributed by atoms with Gasteiger partial charge >= 0.3 is 0 Å². The average Bonchev–Trinajstić information content (AvgIpc) is 2.63. The van der Waals surface area contributed by atoms with Gasteiger partial charge in [0, 0.05) is 12.0 Å². The smallest absolute Gasteiger partial charge is 0.162 e. The van der Waals surface area contributed by atoms with E-state index in [1.807, 2.05) is 25.1 Å². The lowest BCUT2D eigenvalue weighted by molar-refractivity contribution is 0.0988. The van der Waals surface area contributed by atoms with Crippen LogP contribution in [0.25, 0.3) is 10.2 Å². The van der Waals surface area contributed by atoms with Crippen molar-refractivity contribution in [2.45, 2.75) is 13.3 Å². The molecule has 0 N–H and O–H groups in total. The Morgan fingerprint density at radius 3 is 3.15 bits per heavy atom. The summed E-state index contributed by atoms with van der Waals surface area (Å²) in [6.07, 6.45) is 0.551. The molecule has 0 bridgehead atoms. The number of aromatic nitrogens is 1. The van der Waals surface area contributed by atoms with Gasteiger partial charge in [0.1, 0.15) is 0 Å². The van der Waals surface area contributed by atoms with Crippen molar-refractivity contribution in [1.82, 2.24) is 4.98 Å². The minimum Gasteiger partial charge on any atom is -0.294 e. The molecule has 0 saturated carbocycles. The lowest BCUT2D eigenvalue weighted by Gasteiger charge is -1.96. The molecule has 0 aliphatic carbocycles. The van der Waals surface area contributed by atoms with E-state index in [9.17, 15) is 4.79 Å². The number of hydrogen-bond donors (Lipinski definition) is 0. The van der Waals surface area contributed by atoms with Crippen molar-refractivity contribution >= 4 is 27.3 Å². The molecule has 0 saturated heterocycles. The standard InChI is InChI=1S/C10H9NOS/c1-2-9(12)7-3-4-10-8(5-7)11-6-13-10/h3-6H,2H2,1H3. The maximum Gasteiger partial charge on any atom is 0.162 e. The van der Waals surface area contributed by atoms with Crippen molar-refractivity contribution < 1.29 is 4.79 Å². The highest BCUT2D eigenvalue weighted by Gasteiger charge is 2.04. The summed E-state index contributed by atoms with van der Waals surface area (Å²) in [6.45, 7) is 1.87. The summed E-state index contributed by atoms with van der Waals surface area (Å²) in [4.78, 5) is 15.5. The number of fused-ring (bicyclic) bond motifs is 1. The van der Waals surface area contributed by atoms with Gasteiger partial charge in [-0.1, -0.05) is 6.92 Å². The molecule has 2 aromatic rings. The van der Waals surface area contributed by atoms with Gasteiger partial charge in [0.2, 0.25) is 0 Å². The molecule has 3 heteroatoms. The number of carbonyl (C=O) groups excluding carboxylic acids is 1. The lowest BCUT2D eigenvalue weighted by Crippen LogP contribution is -1.95. The van der Waals surface area contributed by atoms with Crippen molar-refractivity contribution in [3.05, 3.63) is 29.3 Å². The van der Waals surface area contributed by atoms with Crippen LogP contribution >= 0.6 is 11.3 Å². The van der Waals surface area contributed by atoms with Crippen LogP contribution in [0.15, 0.2) is 23.7 Å². The second-order valence-corrected chi connectivity index (χ2v) is 3.70. The van der Waals surface area contributed by atoms with E-state index in [2.05, 4.69) is 4.98 Å². The first kappa shape index (κ1) is 8.38. The van der Waals surface area contributed by atoms with Crippen LogP contribution in [0.4, 0.5) is 0 Å². The number of ketones is 1. The highest BCUT2D eigenvalue weighted by molar-refractivity contribution is 7.16. The predicted octanol–water partition coefficient (Wildman–Crippen LogP) is 2.89. The van der Waals surface area contributed by atoms with E-state index >= 15 is 0 Å². The van der Waals surface area contributed by atoms with Crippen LogP contribution in [0.3, 0.4) is 0 Å². The van der Waals surface area contributed by atoms with E-state index in [0.717, 1.165) is 15.8 Å². The molecule has 0 amide bonds. The van der Waals surface area contributed by atoms with Crippen LogP contribution in [-0.2, 0) is 0 Å². The maximum absolute atomic E-state index is 11.4. The highest BCUT2D eigenvalue weighted by atomic mass is 32.1. The van der Waals surface area contributed by atoms with Crippen LogP contribution in [0.5, 0.6) is 0 Å². The van der Waals surface area contributed by atoms with Gasteiger partial charge in [-0.2, -0.15) is 0 Å². The van der Waals surface area contributed by atoms with Gasteiger partial charge in [0.15, 0.2) is 5.78 Å². The Bertz CT molecular complexity index is 447. The normalized spacial score (nSPS) is 10.5. The fourth-order valence-electron chi connectivity index (χ4n) is 1.24. The number of nitrogens with zero attached hydrogens (tertiary/aromatic N) is 1. The van der Waals surface area contributed by atoms with Crippen LogP contribution in [0.1, 0.15) is 23.7 Å². The second-order valence-electron chi connectivity index (χ2n) is 2.81. The van der Waals surface area contributed by atoms with Crippen molar-refractivity contribution in [2.24, 2.45) is 0 Å². The first-order chi connectivity index (χ1) is 6.31. The molecule has 0 radical (unpaired) electrons. The van der Waals surface area contributed by atoms with E-state index in [0.29, 0.717) is 6.42 Å². The van der Waals surface area contributed by atoms with E-state index in [4.69, 9.17) is 0 Å². The van der Waals surface area contributed by atoms with E-state index in [1.54, 1.807) is 16.8 Å². The molecular weight excluding hydrogens is 182 g/mol. The summed E-state index contributed by atoms with van der Waals surface area (Å²) in [7, 11) is 0. The van der Waals surface area contributed by atoms with Crippen LogP contribution in [-0.4, -0.2) is 10.8 Å². The molecule has 0 fully saturated rings. The largest absolute Gasteiger partial charge is 0.294 e. The maximum atomic E-state index is 11.4. The zero-order chi connectivity index (χ0) is 9.26. The summed E-state index contributed by atoms with van der Waals surface area (Å²) < 4.78 is 1.13. The number of rotatable bonds is 2. The van der Waals surface area contributed by atoms with Gasteiger partial charge in [0.25, 0.3) is 0 Å². The third-order valence-electron chi connectivity index (χ3n) is 1.97. The third-order valence-corrected chi connectivity index (χ3v) is 2.78. The molecule has 66 valence electrons. The molecule has 13 heavy (non-hydrogen) atoms. The molecule has 0 aliphatic heterocycles. The second kappa shape index (κ2) is 3.26. The van der Waals surface area contributed by atoms with Gasteiger partial charge in [-0.25, -0.2) is 4.98 Å². The van der Waals surface area contributed by atoms with E-state index in [1.165, 1.54) is 0 Å². The molecule has 2 nitrogen and oxygen atoms in total. The molecule has 0 unspecified atom stereocenters. The zero-order valence-corrected chi connectivity index (χ0v) is 8.10. The van der Waals surface area contributed by atoms with Gasteiger partial charge < -0.3 is 0 Å². The number of Topliss-reactive ketones (excluding diaryl/α,β-unsaturated/α-hetero) is 1. The quantitative estimate of drug-likeness (QED) is 0.683. The van der Waals surface area contributed by atoms with Gasteiger partial charge in [0.05, 0.1) is 15.7 Å². The SMILES string of the molecule is CCC(=O)c1ccc2scnc2c1. The zero-order valence-electron chi connectivity index (χ0n) is 7.28. The Labute approximate surface area is 80.2 Å². The lowest BCUT2D eigenvalue weighted by atomic mass is 10.1. The van der Waals surface area contributed by atoms with Crippen molar-refractivity contribution in [2.75, 3.05) is 0 Å². The Kier molecular flexibility index (Phi) is 2.10. The number of benzene rings is 1. The molecular formula is C10H9NOS. The van der Waals surface area contributed by atoms with Gasteiger partial charge in [-0.15, -0.1) is 11.3 Å². The molecule has 1 aromatic heterocycles. The van der Waals surface area contributed by atoms with E-state index < -0.39 is 0 Å². The molecule has 0 spiro atoms. The van der Waals surface area contributed by atoms with Crippen LogP contribution in [0.2, 0.25) is 0 Å². The summed E-state index contributed by atoms with van der Waals surface area (Å²) in [6, 6.07) is 5.68. The van der Waals surface area contributed by atoms with Crippen molar-refractivity contribution in [3.8, 4) is 0 Å². The number of thiazole rings is 1.